The van der Waals surface area contributed by atoms with E-state index in [1.165, 1.54) is 6.08 Å². The van der Waals surface area contributed by atoms with Crippen LogP contribution < -0.4 is 5.73 Å². The molecule has 3 heterocycles. The maximum absolute atomic E-state index is 11.0. The van der Waals surface area contributed by atoms with Gasteiger partial charge in [0.2, 0.25) is 5.91 Å². The predicted octanol–water partition coefficient (Wildman–Crippen LogP) is 3.50. The minimum atomic E-state index is -0.971. The number of para-hydroxylation sites is 1. The molecule has 0 unspecified atom stereocenters. The Labute approximate surface area is 161 Å². The minimum absolute atomic E-state index is 0.500. The molecular weight excluding hydrogens is 352 g/mol. The van der Waals surface area contributed by atoms with E-state index in [1.54, 1.807) is 38.5 Å². The molecular formula is C22H20N4O2. The molecule has 3 aromatic heterocycles. The van der Waals surface area contributed by atoms with Crippen LogP contribution in [-0.4, -0.2) is 26.0 Å². The van der Waals surface area contributed by atoms with Crippen molar-refractivity contribution >= 4 is 33.9 Å². The number of aliphatic hydroxyl groups is 1. The Bertz CT molecular complexity index is 1230. The first-order valence-electron chi connectivity index (χ1n) is 8.89. The number of hydrogen-bond donors (Lipinski definition) is 3. The fraction of sp³-hybridized carbons (Fsp3) is 0.136. The number of rotatable bonds is 4. The fourth-order valence-corrected chi connectivity index (χ4v) is 3.30. The molecule has 0 radical (unpaired) electrons. The van der Waals surface area contributed by atoms with E-state index in [-0.39, 0.29) is 0 Å². The summed E-state index contributed by atoms with van der Waals surface area (Å²) in [5, 5.41) is 12.2. The number of hydrogen-bond acceptors (Lipinski definition) is 4. The van der Waals surface area contributed by atoms with Gasteiger partial charge in [-0.15, -0.1) is 0 Å². The summed E-state index contributed by atoms with van der Waals surface area (Å²) >= 11 is 0. The van der Waals surface area contributed by atoms with Crippen molar-refractivity contribution in [2.45, 2.75) is 19.4 Å². The van der Waals surface area contributed by atoms with Crippen molar-refractivity contribution in [3.8, 4) is 11.1 Å². The second kappa shape index (κ2) is 6.58. The zero-order valence-electron chi connectivity index (χ0n) is 15.6. The van der Waals surface area contributed by atoms with Crippen LogP contribution in [0, 0.1) is 0 Å². The number of H-pyrrole nitrogens is 1. The number of carbonyl (C=O) groups excluding carboxylic acids is 1. The van der Waals surface area contributed by atoms with Crippen LogP contribution in [0.1, 0.15) is 25.0 Å². The van der Waals surface area contributed by atoms with Crippen molar-refractivity contribution in [2.75, 3.05) is 0 Å². The Morgan fingerprint density at radius 1 is 1.18 bits per heavy atom. The molecule has 4 rings (SSSR count). The molecule has 0 spiro atoms. The van der Waals surface area contributed by atoms with Crippen molar-refractivity contribution in [3.05, 3.63) is 66.1 Å². The van der Waals surface area contributed by atoms with E-state index >= 15 is 0 Å². The first kappa shape index (κ1) is 17.9. The largest absolute Gasteiger partial charge is 0.386 e. The lowest BCUT2D eigenvalue weighted by Gasteiger charge is -2.19. The number of amides is 1. The van der Waals surface area contributed by atoms with Crippen LogP contribution >= 0.6 is 0 Å². The third kappa shape index (κ3) is 3.25. The first-order valence-corrected chi connectivity index (χ1v) is 8.89. The van der Waals surface area contributed by atoms with Gasteiger partial charge >= 0.3 is 0 Å². The van der Waals surface area contributed by atoms with E-state index in [9.17, 15) is 9.90 Å². The number of fused-ring (bicyclic) bond motifs is 2. The van der Waals surface area contributed by atoms with Crippen LogP contribution in [0.4, 0.5) is 0 Å². The highest BCUT2D eigenvalue weighted by molar-refractivity contribution is 5.96. The molecule has 0 fully saturated rings. The van der Waals surface area contributed by atoms with Crippen LogP contribution in [0.3, 0.4) is 0 Å². The Kier molecular flexibility index (Phi) is 4.20. The summed E-state index contributed by atoms with van der Waals surface area (Å²) in [6.07, 6.45) is 8.34. The van der Waals surface area contributed by atoms with Gasteiger partial charge in [0.15, 0.2) is 0 Å². The maximum Gasteiger partial charge on any atom is 0.241 e. The number of nitrogens with one attached hydrogen (secondary N) is 1. The normalized spacial score (nSPS) is 12.2. The van der Waals surface area contributed by atoms with Gasteiger partial charge in [0.05, 0.1) is 11.1 Å². The van der Waals surface area contributed by atoms with Crippen molar-refractivity contribution in [1.29, 1.82) is 0 Å². The molecule has 0 aliphatic carbocycles. The second-order valence-electron chi connectivity index (χ2n) is 7.26. The van der Waals surface area contributed by atoms with Crippen LogP contribution in [0.15, 0.2) is 55.0 Å². The van der Waals surface area contributed by atoms with Crippen LogP contribution in [0.25, 0.3) is 39.1 Å². The highest BCUT2D eigenvalue weighted by atomic mass is 16.3. The Balaban J connectivity index is 1.82. The van der Waals surface area contributed by atoms with E-state index in [0.29, 0.717) is 0 Å². The molecule has 0 atom stereocenters. The van der Waals surface area contributed by atoms with E-state index in [4.69, 9.17) is 5.73 Å². The standard InChI is InChI=1S/C22H20N4O2/c1-22(2,28)18-5-3-4-13-8-15(11-24-20(13)18)16-9-17-14(6-7-19(23)27)10-25-21(17)26-12-16/h3-12,28H,1-2H3,(H2,23,27)(H,25,26). The highest BCUT2D eigenvalue weighted by Gasteiger charge is 2.19. The molecule has 1 amide bonds. The Morgan fingerprint density at radius 3 is 2.68 bits per heavy atom. The smallest absolute Gasteiger partial charge is 0.241 e. The monoisotopic (exact) mass is 372 g/mol. The number of aromatic nitrogens is 3. The third-order valence-electron chi connectivity index (χ3n) is 4.69. The molecule has 0 saturated carbocycles. The summed E-state index contributed by atoms with van der Waals surface area (Å²) in [6.45, 7) is 3.50. The van der Waals surface area contributed by atoms with E-state index in [0.717, 1.165) is 44.2 Å². The lowest BCUT2D eigenvalue weighted by atomic mass is 9.94. The van der Waals surface area contributed by atoms with Crippen molar-refractivity contribution < 1.29 is 9.90 Å². The lowest BCUT2D eigenvalue weighted by Crippen LogP contribution is -2.16. The van der Waals surface area contributed by atoms with Crippen LogP contribution in [-0.2, 0) is 10.4 Å². The topological polar surface area (TPSA) is 105 Å². The van der Waals surface area contributed by atoms with Gasteiger partial charge in [-0.3, -0.25) is 9.78 Å². The molecule has 6 nitrogen and oxygen atoms in total. The Morgan fingerprint density at radius 2 is 1.93 bits per heavy atom. The van der Waals surface area contributed by atoms with E-state index in [2.05, 4.69) is 15.0 Å². The van der Waals surface area contributed by atoms with Gasteiger partial charge in [-0.2, -0.15) is 0 Å². The molecule has 0 bridgehead atoms. The first-order chi connectivity index (χ1) is 13.3. The number of pyridine rings is 2. The number of benzene rings is 1. The lowest BCUT2D eigenvalue weighted by molar-refractivity contribution is -0.113. The second-order valence-corrected chi connectivity index (χ2v) is 7.26. The average Bonchev–Trinajstić information content (AvgIpc) is 3.07. The SMILES string of the molecule is CC(C)(O)c1cccc2cc(-c3cnc4[nH]cc(C=CC(N)=O)c4c3)cnc12. The van der Waals surface area contributed by atoms with Crippen LogP contribution in [0.2, 0.25) is 0 Å². The Hall–Kier alpha value is -3.51. The van der Waals surface area contributed by atoms with Crippen LogP contribution in [0.5, 0.6) is 0 Å². The highest BCUT2D eigenvalue weighted by Crippen LogP contribution is 2.31. The van der Waals surface area contributed by atoms with Crippen molar-refractivity contribution in [3.63, 3.8) is 0 Å². The summed E-state index contributed by atoms with van der Waals surface area (Å²) < 4.78 is 0. The zero-order valence-corrected chi connectivity index (χ0v) is 15.6. The van der Waals surface area contributed by atoms with Gasteiger partial charge in [-0.25, -0.2) is 4.98 Å². The molecule has 0 saturated heterocycles. The van der Waals surface area contributed by atoms with Gasteiger partial charge in [0.25, 0.3) is 0 Å². The van der Waals surface area contributed by atoms with Gasteiger partial charge in [-0.05, 0) is 32.1 Å². The molecule has 1 aromatic carbocycles. The molecule has 6 heteroatoms. The molecule has 0 aliphatic heterocycles. The summed E-state index contributed by atoms with van der Waals surface area (Å²) in [7, 11) is 0. The van der Waals surface area contributed by atoms with Crippen molar-refractivity contribution in [1.82, 2.24) is 15.0 Å². The predicted molar refractivity (Wildman–Crippen MR) is 110 cm³/mol. The molecule has 4 aromatic rings. The quantitative estimate of drug-likeness (QED) is 0.477. The summed E-state index contributed by atoms with van der Waals surface area (Å²) in [5.74, 6) is -0.500. The number of aromatic amines is 1. The molecule has 28 heavy (non-hydrogen) atoms. The van der Waals surface area contributed by atoms with Gasteiger partial charge in [0, 0.05) is 57.7 Å². The summed E-state index contributed by atoms with van der Waals surface area (Å²) in [6, 6.07) is 9.82. The number of nitrogens with two attached hydrogens (primary N) is 1. The molecule has 4 N–H and O–H groups in total. The average molecular weight is 372 g/mol. The number of carbonyl (C=O) groups is 1. The number of primary amides is 1. The number of nitrogens with zero attached hydrogens (tertiary/aromatic N) is 2. The van der Waals surface area contributed by atoms with Gasteiger partial charge in [0.1, 0.15) is 5.65 Å². The summed E-state index contributed by atoms with van der Waals surface area (Å²) in [4.78, 5) is 23.2. The van der Waals surface area contributed by atoms with Gasteiger partial charge in [-0.1, -0.05) is 18.2 Å². The molecule has 0 aliphatic rings. The maximum atomic E-state index is 11.0. The zero-order chi connectivity index (χ0) is 19.9. The van der Waals surface area contributed by atoms with E-state index in [1.807, 2.05) is 30.3 Å². The fourth-order valence-electron chi connectivity index (χ4n) is 3.30. The van der Waals surface area contributed by atoms with Gasteiger partial charge < -0.3 is 15.8 Å². The summed E-state index contributed by atoms with van der Waals surface area (Å²) in [5.41, 5.74) is 9.17. The molecule has 140 valence electrons. The minimum Gasteiger partial charge on any atom is -0.386 e. The third-order valence-corrected chi connectivity index (χ3v) is 4.69. The van der Waals surface area contributed by atoms with Crippen molar-refractivity contribution in [2.24, 2.45) is 5.73 Å². The van der Waals surface area contributed by atoms with E-state index < -0.39 is 11.5 Å².